The van der Waals surface area contributed by atoms with E-state index in [0.717, 1.165) is 30.7 Å². The Morgan fingerprint density at radius 3 is 2.43 bits per heavy atom. The van der Waals surface area contributed by atoms with E-state index in [1.165, 1.54) is 5.69 Å². The molecular formula is C16H16BrN3O. The Morgan fingerprint density at radius 2 is 1.76 bits per heavy atom. The van der Waals surface area contributed by atoms with Gasteiger partial charge in [0.2, 0.25) is 0 Å². The summed E-state index contributed by atoms with van der Waals surface area (Å²) in [5, 5.41) is 0. The summed E-state index contributed by atoms with van der Waals surface area (Å²) in [6.07, 6.45) is 3.31. The third-order valence-corrected chi connectivity index (χ3v) is 4.07. The van der Waals surface area contributed by atoms with Crippen molar-refractivity contribution in [2.75, 3.05) is 31.1 Å². The number of pyridine rings is 1. The first-order valence-electron chi connectivity index (χ1n) is 6.94. The highest BCUT2D eigenvalue weighted by atomic mass is 79.9. The van der Waals surface area contributed by atoms with Gasteiger partial charge in [-0.05, 0) is 34.1 Å². The molecule has 0 saturated carbocycles. The zero-order chi connectivity index (χ0) is 14.7. The Kier molecular flexibility index (Phi) is 4.20. The van der Waals surface area contributed by atoms with Crippen LogP contribution in [0.25, 0.3) is 0 Å². The van der Waals surface area contributed by atoms with Gasteiger partial charge < -0.3 is 9.80 Å². The first-order chi connectivity index (χ1) is 10.2. The Labute approximate surface area is 132 Å². The van der Waals surface area contributed by atoms with Crippen molar-refractivity contribution in [3.05, 3.63) is 58.8 Å². The van der Waals surface area contributed by atoms with Crippen LogP contribution in [0.5, 0.6) is 0 Å². The number of nitrogens with zero attached hydrogens (tertiary/aromatic N) is 3. The van der Waals surface area contributed by atoms with E-state index in [2.05, 4.69) is 37.9 Å². The fourth-order valence-electron chi connectivity index (χ4n) is 2.52. The number of benzene rings is 1. The van der Waals surface area contributed by atoms with Gasteiger partial charge in [-0.3, -0.25) is 9.78 Å². The number of hydrogen-bond acceptors (Lipinski definition) is 3. The van der Waals surface area contributed by atoms with Crippen LogP contribution in [0.4, 0.5) is 5.69 Å². The van der Waals surface area contributed by atoms with E-state index < -0.39 is 0 Å². The molecule has 0 N–H and O–H groups in total. The number of para-hydroxylation sites is 1. The van der Waals surface area contributed by atoms with Crippen LogP contribution in [0, 0.1) is 0 Å². The van der Waals surface area contributed by atoms with Crippen molar-refractivity contribution in [3.63, 3.8) is 0 Å². The minimum atomic E-state index is 0.0523. The summed E-state index contributed by atoms with van der Waals surface area (Å²) < 4.78 is 0.830. The minimum Gasteiger partial charge on any atom is -0.368 e. The van der Waals surface area contributed by atoms with Gasteiger partial charge in [-0.1, -0.05) is 18.2 Å². The minimum absolute atomic E-state index is 0.0523. The quantitative estimate of drug-likeness (QED) is 0.839. The lowest BCUT2D eigenvalue weighted by atomic mass is 10.2. The zero-order valence-electron chi connectivity index (χ0n) is 11.6. The molecule has 1 amide bonds. The van der Waals surface area contributed by atoms with Gasteiger partial charge in [-0.2, -0.15) is 0 Å². The molecular weight excluding hydrogens is 330 g/mol. The number of piperazine rings is 1. The largest absolute Gasteiger partial charge is 0.368 e. The predicted octanol–water partition coefficient (Wildman–Crippen LogP) is 2.81. The molecule has 108 valence electrons. The van der Waals surface area contributed by atoms with Gasteiger partial charge in [0.05, 0.1) is 5.56 Å². The predicted molar refractivity (Wildman–Crippen MR) is 86.5 cm³/mol. The van der Waals surface area contributed by atoms with E-state index in [4.69, 9.17) is 0 Å². The topological polar surface area (TPSA) is 36.4 Å². The maximum Gasteiger partial charge on any atom is 0.255 e. The summed E-state index contributed by atoms with van der Waals surface area (Å²) in [4.78, 5) is 20.7. The molecule has 2 aromatic rings. The third-order valence-electron chi connectivity index (χ3n) is 3.64. The smallest absolute Gasteiger partial charge is 0.255 e. The van der Waals surface area contributed by atoms with Crippen molar-refractivity contribution in [2.24, 2.45) is 0 Å². The third kappa shape index (κ3) is 3.24. The number of carbonyl (C=O) groups excluding carboxylic acids is 1. The lowest BCUT2D eigenvalue weighted by Gasteiger charge is -2.36. The van der Waals surface area contributed by atoms with Crippen molar-refractivity contribution in [1.82, 2.24) is 9.88 Å². The van der Waals surface area contributed by atoms with E-state index in [-0.39, 0.29) is 5.91 Å². The number of rotatable bonds is 2. The molecule has 1 saturated heterocycles. The molecule has 3 rings (SSSR count). The van der Waals surface area contributed by atoms with Crippen molar-refractivity contribution >= 4 is 27.5 Å². The number of hydrogen-bond donors (Lipinski definition) is 0. The van der Waals surface area contributed by atoms with Gasteiger partial charge in [0.1, 0.15) is 0 Å². The van der Waals surface area contributed by atoms with Crippen LogP contribution in [0.15, 0.2) is 53.3 Å². The SMILES string of the molecule is O=C(c1cncc(Br)c1)N1CCN(c2ccccc2)CC1. The van der Waals surface area contributed by atoms with Crippen LogP contribution in [-0.4, -0.2) is 42.0 Å². The molecule has 1 aromatic heterocycles. The molecule has 1 aliphatic heterocycles. The van der Waals surface area contributed by atoms with Crippen molar-refractivity contribution in [1.29, 1.82) is 0 Å². The fourth-order valence-corrected chi connectivity index (χ4v) is 2.88. The highest BCUT2D eigenvalue weighted by Crippen LogP contribution is 2.17. The van der Waals surface area contributed by atoms with E-state index >= 15 is 0 Å². The van der Waals surface area contributed by atoms with Crippen LogP contribution in [0.3, 0.4) is 0 Å². The highest BCUT2D eigenvalue weighted by Gasteiger charge is 2.22. The van der Waals surface area contributed by atoms with Crippen LogP contribution in [0.2, 0.25) is 0 Å². The molecule has 0 radical (unpaired) electrons. The summed E-state index contributed by atoms with van der Waals surface area (Å²) in [7, 11) is 0. The van der Waals surface area contributed by atoms with E-state index in [1.807, 2.05) is 29.2 Å². The molecule has 21 heavy (non-hydrogen) atoms. The molecule has 2 heterocycles. The molecule has 0 aliphatic carbocycles. The molecule has 5 heteroatoms. The average molecular weight is 346 g/mol. The Morgan fingerprint density at radius 1 is 1.05 bits per heavy atom. The average Bonchev–Trinajstić information content (AvgIpc) is 2.55. The fraction of sp³-hybridized carbons (Fsp3) is 0.250. The van der Waals surface area contributed by atoms with E-state index in [0.29, 0.717) is 5.56 Å². The van der Waals surface area contributed by atoms with Gasteiger partial charge in [-0.25, -0.2) is 0 Å². The molecule has 1 fully saturated rings. The lowest BCUT2D eigenvalue weighted by Crippen LogP contribution is -2.48. The van der Waals surface area contributed by atoms with Crippen LogP contribution >= 0.6 is 15.9 Å². The number of halogens is 1. The van der Waals surface area contributed by atoms with E-state index in [1.54, 1.807) is 12.4 Å². The summed E-state index contributed by atoms with van der Waals surface area (Å²) in [5.74, 6) is 0.0523. The first kappa shape index (κ1) is 14.1. The van der Waals surface area contributed by atoms with Crippen molar-refractivity contribution < 1.29 is 4.79 Å². The zero-order valence-corrected chi connectivity index (χ0v) is 13.2. The molecule has 0 unspecified atom stereocenters. The molecule has 1 aliphatic rings. The standard InChI is InChI=1S/C16H16BrN3O/c17-14-10-13(11-18-12-14)16(21)20-8-6-19(7-9-20)15-4-2-1-3-5-15/h1-5,10-12H,6-9H2. The van der Waals surface area contributed by atoms with Crippen LogP contribution in [0.1, 0.15) is 10.4 Å². The maximum atomic E-state index is 12.4. The second kappa shape index (κ2) is 6.26. The Bertz CT molecular complexity index is 624. The second-order valence-corrected chi connectivity index (χ2v) is 5.92. The van der Waals surface area contributed by atoms with Gasteiger partial charge in [0.25, 0.3) is 5.91 Å². The molecule has 1 aromatic carbocycles. The second-order valence-electron chi connectivity index (χ2n) is 5.01. The Hall–Kier alpha value is -1.88. The van der Waals surface area contributed by atoms with Crippen LogP contribution < -0.4 is 4.90 Å². The summed E-state index contributed by atoms with van der Waals surface area (Å²) in [6, 6.07) is 12.1. The highest BCUT2D eigenvalue weighted by molar-refractivity contribution is 9.10. The van der Waals surface area contributed by atoms with Crippen molar-refractivity contribution in [3.8, 4) is 0 Å². The van der Waals surface area contributed by atoms with E-state index in [9.17, 15) is 4.79 Å². The summed E-state index contributed by atoms with van der Waals surface area (Å²) >= 11 is 3.35. The number of aromatic nitrogens is 1. The summed E-state index contributed by atoms with van der Waals surface area (Å²) in [6.45, 7) is 3.19. The monoisotopic (exact) mass is 345 g/mol. The first-order valence-corrected chi connectivity index (χ1v) is 7.73. The van der Waals surface area contributed by atoms with Gasteiger partial charge >= 0.3 is 0 Å². The summed E-state index contributed by atoms with van der Waals surface area (Å²) in [5.41, 5.74) is 1.85. The molecule has 0 spiro atoms. The number of carbonyl (C=O) groups is 1. The van der Waals surface area contributed by atoms with Crippen LogP contribution in [-0.2, 0) is 0 Å². The maximum absolute atomic E-state index is 12.4. The number of anilines is 1. The lowest BCUT2D eigenvalue weighted by molar-refractivity contribution is 0.0746. The van der Waals surface area contributed by atoms with Gasteiger partial charge in [-0.15, -0.1) is 0 Å². The molecule has 0 bridgehead atoms. The molecule has 0 atom stereocenters. The normalized spacial score (nSPS) is 15.1. The number of amides is 1. The van der Waals surface area contributed by atoms with Crippen molar-refractivity contribution in [2.45, 2.75) is 0 Å². The molecule has 4 nitrogen and oxygen atoms in total. The van der Waals surface area contributed by atoms with Gasteiger partial charge in [0, 0.05) is 48.7 Å². The Balaban J connectivity index is 1.64. The van der Waals surface area contributed by atoms with Gasteiger partial charge in [0.15, 0.2) is 0 Å².